The van der Waals surface area contributed by atoms with Crippen LogP contribution in [0.3, 0.4) is 0 Å². The molecule has 0 fully saturated rings. The first-order valence-corrected chi connectivity index (χ1v) is 4.81. The molecule has 0 unspecified atom stereocenters. The van der Waals surface area contributed by atoms with Gasteiger partial charge >= 0.3 is 0 Å². The second-order valence-corrected chi connectivity index (χ2v) is 3.31. The van der Waals surface area contributed by atoms with E-state index in [1.807, 2.05) is 18.2 Å². The monoisotopic (exact) mass is 224 g/mol. The minimum Gasteiger partial charge on any atom is -0.358 e. The number of hydrogen-bond acceptors (Lipinski definition) is 5. The highest BCUT2D eigenvalue weighted by molar-refractivity contribution is 5.88. The fraction of sp³-hybridized carbons (Fsp3) is 0.0909. The fourth-order valence-corrected chi connectivity index (χ4v) is 1.47. The summed E-state index contributed by atoms with van der Waals surface area (Å²) in [4.78, 5) is 0. The molecule has 82 valence electrons. The number of para-hydroxylation sites is 1. The van der Waals surface area contributed by atoms with Gasteiger partial charge in [-0.25, -0.2) is 4.68 Å². The van der Waals surface area contributed by atoms with Crippen molar-refractivity contribution in [2.45, 2.75) is 0 Å². The maximum absolute atomic E-state index is 8.62. The summed E-state index contributed by atoms with van der Waals surface area (Å²) in [6, 6.07) is 9.05. The van der Waals surface area contributed by atoms with Gasteiger partial charge in [0, 0.05) is 13.2 Å². The highest BCUT2D eigenvalue weighted by atomic mass is 15.4. The topological polar surface area (TPSA) is 90.3 Å². The van der Waals surface area contributed by atoms with Crippen molar-refractivity contribution in [3.8, 4) is 12.1 Å². The SMILES string of the molecule is Cn1nnc2cccc(NC=C(C#N)C#N)c21. The normalized spacial score (nSPS) is 9.35. The number of anilines is 1. The van der Waals surface area contributed by atoms with Gasteiger partial charge in [0.25, 0.3) is 0 Å². The molecule has 0 bridgehead atoms. The first-order valence-electron chi connectivity index (χ1n) is 4.81. The molecule has 6 heteroatoms. The number of benzene rings is 1. The number of nitriles is 2. The second-order valence-electron chi connectivity index (χ2n) is 3.31. The van der Waals surface area contributed by atoms with Gasteiger partial charge in [-0.2, -0.15) is 10.5 Å². The molecule has 17 heavy (non-hydrogen) atoms. The Morgan fingerprint density at radius 3 is 2.88 bits per heavy atom. The van der Waals surface area contributed by atoms with Crippen LogP contribution < -0.4 is 5.32 Å². The summed E-state index contributed by atoms with van der Waals surface area (Å²) in [5.74, 6) is 0. The van der Waals surface area contributed by atoms with Gasteiger partial charge in [0.2, 0.25) is 0 Å². The standard InChI is InChI=1S/C11H8N6/c1-17-11-9(14-7-8(5-12)6-13)3-2-4-10(11)15-16-17/h2-4,7,14H,1H3. The highest BCUT2D eigenvalue weighted by Crippen LogP contribution is 2.20. The Morgan fingerprint density at radius 1 is 1.41 bits per heavy atom. The molecule has 0 atom stereocenters. The molecule has 0 aliphatic rings. The number of rotatable bonds is 2. The average Bonchev–Trinajstić information content (AvgIpc) is 2.73. The van der Waals surface area contributed by atoms with E-state index in [-0.39, 0.29) is 5.57 Å². The van der Waals surface area contributed by atoms with E-state index in [4.69, 9.17) is 10.5 Å². The Labute approximate surface area is 97.4 Å². The zero-order valence-electron chi connectivity index (χ0n) is 9.05. The third kappa shape index (κ3) is 1.92. The second kappa shape index (κ2) is 4.33. The lowest BCUT2D eigenvalue weighted by Crippen LogP contribution is -1.96. The van der Waals surface area contributed by atoms with E-state index < -0.39 is 0 Å². The molecule has 1 heterocycles. The molecule has 0 saturated carbocycles. The summed E-state index contributed by atoms with van der Waals surface area (Å²) in [7, 11) is 1.78. The molecule has 0 aliphatic heterocycles. The van der Waals surface area contributed by atoms with Crippen molar-refractivity contribution in [3.05, 3.63) is 30.0 Å². The highest BCUT2D eigenvalue weighted by Gasteiger charge is 2.05. The molecule has 0 saturated heterocycles. The maximum Gasteiger partial charge on any atom is 0.145 e. The largest absolute Gasteiger partial charge is 0.358 e. The summed E-state index contributed by atoms with van der Waals surface area (Å²) in [5, 5.41) is 28.0. The molecule has 0 radical (unpaired) electrons. The van der Waals surface area contributed by atoms with Crippen molar-refractivity contribution in [2.24, 2.45) is 7.05 Å². The van der Waals surface area contributed by atoms with E-state index in [2.05, 4.69) is 15.6 Å². The van der Waals surface area contributed by atoms with Crippen LogP contribution >= 0.6 is 0 Å². The molecule has 0 spiro atoms. The van der Waals surface area contributed by atoms with Crippen LogP contribution in [0.4, 0.5) is 5.69 Å². The minimum absolute atomic E-state index is 0.0112. The van der Waals surface area contributed by atoms with Gasteiger partial charge in [-0.1, -0.05) is 11.3 Å². The smallest absolute Gasteiger partial charge is 0.145 e. The summed E-state index contributed by atoms with van der Waals surface area (Å²) < 4.78 is 1.63. The number of fused-ring (bicyclic) bond motifs is 1. The van der Waals surface area contributed by atoms with Crippen molar-refractivity contribution in [1.82, 2.24) is 15.0 Å². The van der Waals surface area contributed by atoms with E-state index in [1.54, 1.807) is 23.9 Å². The van der Waals surface area contributed by atoms with E-state index in [0.717, 1.165) is 16.7 Å². The first kappa shape index (κ1) is 10.7. The predicted molar refractivity (Wildman–Crippen MR) is 61.4 cm³/mol. The third-order valence-electron chi connectivity index (χ3n) is 2.24. The quantitative estimate of drug-likeness (QED) is 0.776. The average molecular weight is 224 g/mol. The number of aromatic nitrogens is 3. The van der Waals surface area contributed by atoms with E-state index in [1.165, 1.54) is 6.20 Å². The van der Waals surface area contributed by atoms with E-state index in [0.29, 0.717) is 0 Å². The lowest BCUT2D eigenvalue weighted by atomic mass is 10.2. The Morgan fingerprint density at radius 2 is 2.18 bits per heavy atom. The lowest BCUT2D eigenvalue weighted by Gasteiger charge is -2.02. The number of nitrogens with zero attached hydrogens (tertiary/aromatic N) is 5. The summed E-state index contributed by atoms with van der Waals surface area (Å²) in [5.41, 5.74) is 2.33. The van der Waals surface area contributed by atoms with Crippen LogP contribution in [0.25, 0.3) is 11.0 Å². The Kier molecular flexibility index (Phi) is 2.71. The maximum atomic E-state index is 8.62. The molecule has 2 aromatic rings. The molecule has 6 nitrogen and oxygen atoms in total. The minimum atomic E-state index is 0.0112. The lowest BCUT2D eigenvalue weighted by molar-refractivity contribution is 0.737. The van der Waals surface area contributed by atoms with Crippen LogP contribution in [0.1, 0.15) is 0 Å². The molecule has 1 aromatic heterocycles. The molecule has 1 aromatic carbocycles. The van der Waals surface area contributed by atoms with Crippen molar-refractivity contribution in [1.29, 1.82) is 10.5 Å². The third-order valence-corrected chi connectivity index (χ3v) is 2.24. The Balaban J connectivity index is 2.44. The first-order chi connectivity index (χ1) is 8.26. The van der Waals surface area contributed by atoms with Crippen molar-refractivity contribution in [3.63, 3.8) is 0 Å². The zero-order chi connectivity index (χ0) is 12.3. The van der Waals surface area contributed by atoms with Crippen molar-refractivity contribution >= 4 is 16.7 Å². The van der Waals surface area contributed by atoms with E-state index >= 15 is 0 Å². The van der Waals surface area contributed by atoms with Crippen LogP contribution in [0.2, 0.25) is 0 Å². The summed E-state index contributed by atoms with van der Waals surface area (Å²) >= 11 is 0. The molecule has 2 rings (SSSR count). The summed E-state index contributed by atoms with van der Waals surface area (Å²) in [6.45, 7) is 0. The Hall–Kier alpha value is -2.86. The fourth-order valence-electron chi connectivity index (χ4n) is 1.47. The number of hydrogen-bond donors (Lipinski definition) is 1. The molecule has 1 N–H and O–H groups in total. The zero-order valence-corrected chi connectivity index (χ0v) is 9.05. The predicted octanol–water partition coefficient (Wildman–Crippen LogP) is 1.31. The molecule has 0 aliphatic carbocycles. The molecular weight excluding hydrogens is 216 g/mol. The summed E-state index contributed by atoms with van der Waals surface area (Å²) in [6.07, 6.45) is 1.36. The van der Waals surface area contributed by atoms with Gasteiger partial charge in [0.15, 0.2) is 0 Å². The van der Waals surface area contributed by atoms with Gasteiger partial charge < -0.3 is 5.32 Å². The number of aryl methyl sites for hydroxylation is 1. The van der Waals surface area contributed by atoms with Gasteiger partial charge in [-0.15, -0.1) is 5.10 Å². The van der Waals surface area contributed by atoms with Crippen molar-refractivity contribution in [2.75, 3.05) is 5.32 Å². The van der Waals surface area contributed by atoms with E-state index in [9.17, 15) is 0 Å². The molecule has 0 amide bonds. The van der Waals surface area contributed by atoms with Crippen LogP contribution in [0.5, 0.6) is 0 Å². The molecular formula is C11H8N6. The van der Waals surface area contributed by atoms with Crippen molar-refractivity contribution < 1.29 is 0 Å². The number of nitrogens with one attached hydrogen (secondary N) is 1. The van der Waals surface area contributed by atoms with Crippen LogP contribution in [0.15, 0.2) is 30.0 Å². The van der Waals surface area contributed by atoms with Gasteiger partial charge in [-0.3, -0.25) is 0 Å². The van der Waals surface area contributed by atoms with Gasteiger partial charge in [-0.05, 0) is 12.1 Å². The van der Waals surface area contributed by atoms with Crippen LogP contribution in [0, 0.1) is 22.7 Å². The van der Waals surface area contributed by atoms with Crippen LogP contribution in [-0.2, 0) is 7.05 Å². The number of allylic oxidation sites excluding steroid dienone is 1. The van der Waals surface area contributed by atoms with Gasteiger partial charge in [0.05, 0.1) is 5.69 Å². The van der Waals surface area contributed by atoms with Gasteiger partial charge in [0.1, 0.15) is 28.7 Å². The van der Waals surface area contributed by atoms with Crippen LogP contribution in [-0.4, -0.2) is 15.0 Å². The Bertz CT molecular complexity index is 651.